The van der Waals surface area contributed by atoms with Gasteiger partial charge >= 0.3 is 5.97 Å². The van der Waals surface area contributed by atoms with Gasteiger partial charge in [-0.15, -0.1) is 0 Å². The highest BCUT2D eigenvalue weighted by Gasteiger charge is 2.23. The van der Waals surface area contributed by atoms with Crippen LogP contribution in [0.5, 0.6) is 0 Å². The minimum Gasteiger partial charge on any atom is -0.459 e. The lowest BCUT2D eigenvalue weighted by atomic mass is 9.84. The normalized spacial score (nSPS) is 12.7. The van der Waals surface area contributed by atoms with E-state index >= 15 is 0 Å². The maximum absolute atomic E-state index is 12.7. The predicted molar refractivity (Wildman–Crippen MR) is 99.4 cm³/mol. The zero-order valence-corrected chi connectivity index (χ0v) is 15.2. The molecule has 0 saturated carbocycles. The van der Waals surface area contributed by atoms with Crippen LogP contribution in [-0.4, -0.2) is 12.1 Å². The molecular weight excluding hydrogens is 296 g/mol. The standard InChI is InChI=1S/C22H28O2/c1-5-18(16-15-17-11-7-6-8-12-17)24-21(23)19-13-9-10-14-20(19)22(2,3)4/h6-14,18H,5,15-16H2,1-4H3. The molecule has 0 aliphatic carbocycles. The first-order valence-electron chi connectivity index (χ1n) is 8.76. The third-order valence-electron chi connectivity index (χ3n) is 4.28. The highest BCUT2D eigenvalue weighted by Crippen LogP contribution is 2.26. The first-order valence-corrected chi connectivity index (χ1v) is 8.76. The minimum absolute atomic E-state index is 0.0502. The summed E-state index contributed by atoms with van der Waals surface area (Å²) >= 11 is 0. The van der Waals surface area contributed by atoms with Gasteiger partial charge < -0.3 is 4.74 Å². The first kappa shape index (κ1) is 18.3. The third-order valence-corrected chi connectivity index (χ3v) is 4.28. The molecule has 1 atom stereocenters. The molecule has 2 heteroatoms. The SMILES string of the molecule is CCC(CCc1ccccc1)OC(=O)c1ccccc1C(C)(C)C. The Balaban J connectivity index is 2.05. The molecule has 2 nitrogen and oxygen atoms in total. The number of rotatable bonds is 6. The molecule has 2 aromatic carbocycles. The van der Waals surface area contributed by atoms with Gasteiger partial charge in [-0.1, -0.05) is 76.2 Å². The van der Waals surface area contributed by atoms with Crippen molar-refractivity contribution in [3.8, 4) is 0 Å². The van der Waals surface area contributed by atoms with Crippen molar-refractivity contribution in [2.75, 3.05) is 0 Å². The molecule has 2 rings (SSSR count). The van der Waals surface area contributed by atoms with Crippen molar-refractivity contribution in [1.82, 2.24) is 0 Å². The summed E-state index contributed by atoms with van der Waals surface area (Å²) in [6.45, 7) is 8.42. The van der Waals surface area contributed by atoms with E-state index in [9.17, 15) is 4.79 Å². The monoisotopic (exact) mass is 324 g/mol. The van der Waals surface area contributed by atoms with Gasteiger partial charge in [0, 0.05) is 0 Å². The Morgan fingerprint density at radius 1 is 1.00 bits per heavy atom. The van der Waals surface area contributed by atoms with Gasteiger partial charge in [0.1, 0.15) is 6.10 Å². The molecule has 24 heavy (non-hydrogen) atoms. The van der Waals surface area contributed by atoms with E-state index < -0.39 is 0 Å². The van der Waals surface area contributed by atoms with Gasteiger partial charge in [-0.25, -0.2) is 4.79 Å². The van der Waals surface area contributed by atoms with Gasteiger partial charge in [-0.3, -0.25) is 0 Å². The van der Waals surface area contributed by atoms with Crippen molar-refractivity contribution >= 4 is 5.97 Å². The zero-order chi connectivity index (χ0) is 17.6. The van der Waals surface area contributed by atoms with Crippen LogP contribution in [0.4, 0.5) is 0 Å². The average Bonchev–Trinajstić information content (AvgIpc) is 2.58. The Morgan fingerprint density at radius 3 is 2.25 bits per heavy atom. The second-order valence-electron chi connectivity index (χ2n) is 7.26. The van der Waals surface area contributed by atoms with Crippen LogP contribution in [0.3, 0.4) is 0 Å². The van der Waals surface area contributed by atoms with Crippen LogP contribution in [0.1, 0.15) is 62.0 Å². The highest BCUT2D eigenvalue weighted by molar-refractivity contribution is 5.91. The lowest BCUT2D eigenvalue weighted by Crippen LogP contribution is -2.22. The van der Waals surface area contributed by atoms with Crippen molar-refractivity contribution < 1.29 is 9.53 Å². The van der Waals surface area contributed by atoms with Gasteiger partial charge in [-0.2, -0.15) is 0 Å². The largest absolute Gasteiger partial charge is 0.459 e. The lowest BCUT2D eigenvalue weighted by Gasteiger charge is -2.23. The zero-order valence-electron chi connectivity index (χ0n) is 15.2. The summed E-state index contributed by atoms with van der Waals surface area (Å²) in [6, 6.07) is 18.1. The summed E-state index contributed by atoms with van der Waals surface area (Å²) in [5.74, 6) is -0.208. The van der Waals surface area contributed by atoms with Crippen molar-refractivity contribution in [2.24, 2.45) is 0 Å². The molecule has 0 amide bonds. The van der Waals surface area contributed by atoms with Crippen molar-refractivity contribution in [2.45, 2.75) is 58.5 Å². The molecule has 0 aromatic heterocycles. The molecule has 0 N–H and O–H groups in total. The maximum Gasteiger partial charge on any atom is 0.338 e. The van der Waals surface area contributed by atoms with E-state index in [1.165, 1.54) is 5.56 Å². The Bertz CT molecular complexity index is 653. The maximum atomic E-state index is 12.7. The van der Waals surface area contributed by atoms with Crippen LogP contribution in [0, 0.1) is 0 Å². The third kappa shape index (κ3) is 4.95. The number of carbonyl (C=O) groups excluding carboxylic acids is 1. The molecule has 0 fully saturated rings. The van der Waals surface area contributed by atoms with E-state index in [1.54, 1.807) is 0 Å². The van der Waals surface area contributed by atoms with Crippen molar-refractivity contribution in [3.05, 3.63) is 71.3 Å². The first-order chi connectivity index (χ1) is 11.4. The Hall–Kier alpha value is -2.09. The fraction of sp³-hybridized carbons (Fsp3) is 0.409. The molecule has 128 valence electrons. The van der Waals surface area contributed by atoms with Gasteiger partial charge in [0.25, 0.3) is 0 Å². The second kappa shape index (κ2) is 8.14. The van der Waals surface area contributed by atoms with E-state index in [0.29, 0.717) is 5.56 Å². The van der Waals surface area contributed by atoms with Crippen molar-refractivity contribution in [3.63, 3.8) is 0 Å². The van der Waals surface area contributed by atoms with E-state index in [2.05, 4.69) is 39.8 Å². The van der Waals surface area contributed by atoms with Crippen molar-refractivity contribution in [1.29, 1.82) is 0 Å². The van der Waals surface area contributed by atoms with Crippen LogP contribution in [-0.2, 0) is 16.6 Å². The molecule has 0 heterocycles. The summed E-state index contributed by atoms with van der Waals surface area (Å²) in [7, 11) is 0. The number of aryl methyl sites for hydroxylation is 1. The predicted octanol–water partition coefficient (Wildman–Crippen LogP) is 5.55. The highest BCUT2D eigenvalue weighted by atomic mass is 16.5. The molecule has 0 bridgehead atoms. The van der Waals surface area contributed by atoms with Gasteiger partial charge in [0.2, 0.25) is 0 Å². The Morgan fingerprint density at radius 2 is 1.62 bits per heavy atom. The molecule has 1 unspecified atom stereocenters. The van der Waals surface area contributed by atoms with E-state index in [0.717, 1.165) is 24.8 Å². The second-order valence-corrected chi connectivity index (χ2v) is 7.26. The smallest absolute Gasteiger partial charge is 0.338 e. The number of hydrogen-bond donors (Lipinski definition) is 0. The summed E-state index contributed by atoms with van der Waals surface area (Å²) in [5.41, 5.74) is 2.92. The topological polar surface area (TPSA) is 26.3 Å². The Labute approximate surface area is 145 Å². The molecule has 0 aliphatic heterocycles. The van der Waals surface area contributed by atoms with Crippen LogP contribution < -0.4 is 0 Å². The van der Waals surface area contributed by atoms with Crippen LogP contribution in [0.2, 0.25) is 0 Å². The number of hydrogen-bond acceptors (Lipinski definition) is 2. The summed E-state index contributed by atoms with van der Waals surface area (Å²) in [5, 5.41) is 0. The summed E-state index contributed by atoms with van der Waals surface area (Å²) in [6.07, 6.45) is 2.55. The van der Waals surface area contributed by atoms with E-state index in [-0.39, 0.29) is 17.5 Å². The molecule has 0 aliphatic rings. The van der Waals surface area contributed by atoms with Crippen LogP contribution in [0.25, 0.3) is 0 Å². The molecular formula is C22H28O2. The number of benzene rings is 2. The van der Waals surface area contributed by atoms with E-state index in [4.69, 9.17) is 4.74 Å². The van der Waals surface area contributed by atoms with Gasteiger partial charge in [0.05, 0.1) is 5.56 Å². The quantitative estimate of drug-likeness (QED) is 0.651. The van der Waals surface area contributed by atoms with Gasteiger partial charge in [-0.05, 0) is 41.9 Å². The lowest BCUT2D eigenvalue weighted by molar-refractivity contribution is 0.0271. The molecule has 0 radical (unpaired) electrons. The van der Waals surface area contributed by atoms with E-state index in [1.807, 2.05) is 42.5 Å². The average molecular weight is 324 g/mol. The fourth-order valence-corrected chi connectivity index (χ4v) is 2.85. The summed E-state index contributed by atoms with van der Waals surface area (Å²) < 4.78 is 5.80. The van der Waals surface area contributed by atoms with Crippen LogP contribution >= 0.6 is 0 Å². The Kier molecular flexibility index (Phi) is 6.19. The fourth-order valence-electron chi connectivity index (χ4n) is 2.85. The summed E-state index contributed by atoms with van der Waals surface area (Å²) in [4.78, 5) is 12.7. The number of carbonyl (C=O) groups is 1. The molecule has 0 spiro atoms. The van der Waals surface area contributed by atoms with Gasteiger partial charge in [0.15, 0.2) is 0 Å². The minimum atomic E-state index is -0.208. The van der Waals surface area contributed by atoms with Crippen LogP contribution in [0.15, 0.2) is 54.6 Å². The number of ether oxygens (including phenoxy) is 1. The molecule has 0 saturated heterocycles. The molecule has 2 aromatic rings. The number of esters is 1.